The molecule has 0 aliphatic heterocycles. The predicted molar refractivity (Wildman–Crippen MR) is 63.2 cm³/mol. The maximum Gasteiger partial charge on any atom is 0.223 e. The molecule has 0 saturated carbocycles. The van der Waals surface area contributed by atoms with Crippen LogP contribution < -0.4 is 5.32 Å². The number of hydrogen-bond donors (Lipinski definition) is 1. The highest BCUT2D eigenvalue weighted by atomic mass is 35.5. The minimum absolute atomic E-state index is 0.00173. The van der Waals surface area contributed by atoms with Gasteiger partial charge in [0.25, 0.3) is 0 Å². The zero-order chi connectivity index (χ0) is 12.1. The molecular weight excluding hydrogens is 231 g/mol. The lowest BCUT2D eigenvalue weighted by Gasteiger charge is -2.11. The van der Waals surface area contributed by atoms with E-state index in [0.29, 0.717) is 23.7 Å². The third-order valence-electron chi connectivity index (χ3n) is 2.08. The normalized spacial score (nSPS) is 10.0. The number of anilines is 1. The molecule has 0 spiro atoms. The van der Waals surface area contributed by atoms with E-state index < -0.39 is 5.82 Å². The van der Waals surface area contributed by atoms with E-state index in [-0.39, 0.29) is 5.91 Å². The topological polar surface area (TPSA) is 32.3 Å². The third-order valence-corrected chi connectivity index (χ3v) is 2.32. The number of hydrogen-bond acceptors (Lipinski definition) is 2. The Morgan fingerprint density at radius 1 is 1.50 bits per heavy atom. The van der Waals surface area contributed by atoms with Crippen molar-refractivity contribution in [1.82, 2.24) is 4.90 Å². The third kappa shape index (κ3) is 3.70. The summed E-state index contributed by atoms with van der Waals surface area (Å²) in [6.07, 6.45) is 0.328. The summed E-state index contributed by atoms with van der Waals surface area (Å²) in [4.78, 5) is 12.7. The molecule has 0 aliphatic rings. The van der Waals surface area contributed by atoms with Crippen LogP contribution in [0.2, 0.25) is 5.02 Å². The Bertz CT molecular complexity index is 382. The lowest BCUT2D eigenvalue weighted by atomic mass is 10.3. The summed E-state index contributed by atoms with van der Waals surface area (Å²) < 4.78 is 13.3. The quantitative estimate of drug-likeness (QED) is 0.882. The van der Waals surface area contributed by atoms with Crippen molar-refractivity contribution in [3.05, 3.63) is 29.0 Å². The van der Waals surface area contributed by atoms with Gasteiger partial charge in [-0.2, -0.15) is 0 Å². The fraction of sp³-hybridized carbons (Fsp3) is 0.364. The highest BCUT2D eigenvalue weighted by Crippen LogP contribution is 2.18. The van der Waals surface area contributed by atoms with Crippen LogP contribution in [-0.2, 0) is 4.79 Å². The van der Waals surface area contributed by atoms with Crippen LogP contribution >= 0.6 is 11.6 Å². The van der Waals surface area contributed by atoms with Crippen LogP contribution in [0, 0.1) is 5.82 Å². The Kier molecular flexibility index (Phi) is 4.55. The van der Waals surface area contributed by atoms with Crippen LogP contribution in [-0.4, -0.2) is 31.4 Å². The molecule has 0 radical (unpaired) electrons. The van der Waals surface area contributed by atoms with Gasteiger partial charge in [0, 0.05) is 32.1 Å². The van der Waals surface area contributed by atoms with Gasteiger partial charge in [0.2, 0.25) is 5.91 Å². The SMILES string of the molecule is CN(C)C(=O)CCNc1ccc(Cl)cc1F. The molecule has 1 rings (SSSR count). The van der Waals surface area contributed by atoms with Crippen molar-refractivity contribution in [2.24, 2.45) is 0 Å². The minimum atomic E-state index is -0.412. The van der Waals surface area contributed by atoms with Gasteiger partial charge in [0.05, 0.1) is 5.69 Å². The van der Waals surface area contributed by atoms with Gasteiger partial charge in [-0.05, 0) is 18.2 Å². The minimum Gasteiger partial charge on any atom is -0.382 e. The molecule has 5 heteroatoms. The Morgan fingerprint density at radius 2 is 2.19 bits per heavy atom. The molecule has 1 aromatic rings. The van der Waals surface area contributed by atoms with Crippen molar-refractivity contribution >= 4 is 23.2 Å². The fourth-order valence-corrected chi connectivity index (χ4v) is 1.32. The zero-order valence-corrected chi connectivity index (χ0v) is 10.0. The van der Waals surface area contributed by atoms with Crippen molar-refractivity contribution in [3.8, 4) is 0 Å². The molecule has 1 N–H and O–H groups in total. The summed E-state index contributed by atoms with van der Waals surface area (Å²) in [7, 11) is 3.37. The second kappa shape index (κ2) is 5.70. The number of rotatable bonds is 4. The maximum absolute atomic E-state index is 13.3. The smallest absolute Gasteiger partial charge is 0.223 e. The molecule has 0 aromatic heterocycles. The molecule has 1 amide bonds. The summed E-state index contributed by atoms with van der Waals surface area (Å²) in [6, 6.07) is 4.39. The van der Waals surface area contributed by atoms with Gasteiger partial charge in [-0.1, -0.05) is 11.6 Å². The molecule has 1 aromatic carbocycles. The lowest BCUT2D eigenvalue weighted by Crippen LogP contribution is -2.24. The van der Waals surface area contributed by atoms with Gasteiger partial charge < -0.3 is 10.2 Å². The monoisotopic (exact) mass is 244 g/mol. The van der Waals surface area contributed by atoms with E-state index in [1.165, 1.54) is 11.0 Å². The zero-order valence-electron chi connectivity index (χ0n) is 9.26. The molecule has 0 fully saturated rings. The Balaban J connectivity index is 2.46. The van der Waals surface area contributed by atoms with Gasteiger partial charge >= 0.3 is 0 Å². The molecule has 3 nitrogen and oxygen atoms in total. The first-order chi connectivity index (χ1) is 7.50. The first kappa shape index (κ1) is 12.8. The van der Waals surface area contributed by atoms with Gasteiger partial charge in [-0.15, -0.1) is 0 Å². The van der Waals surface area contributed by atoms with Crippen molar-refractivity contribution in [3.63, 3.8) is 0 Å². The first-order valence-corrected chi connectivity index (χ1v) is 5.27. The first-order valence-electron chi connectivity index (χ1n) is 4.90. The average molecular weight is 245 g/mol. The van der Waals surface area contributed by atoms with Crippen LogP contribution in [0.3, 0.4) is 0 Å². The van der Waals surface area contributed by atoms with E-state index in [1.54, 1.807) is 26.2 Å². The predicted octanol–water partition coefficient (Wildman–Crippen LogP) is 2.37. The Morgan fingerprint density at radius 3 is 2.75 bits per heavy atom. The fourth-order valence-electron chi connectivity index (χ4n) is 1.16. The summed E-state index contributed by atoms with van der Waals surface area (Å²) >= 11 is 5.61. The number of halogens is 2. The van der Waals surface area contributed by atoms with Gasteiger partial charge in [0.15, 0.2) is 0 Å². The highest BCUT2D eigenvalue weighted by molar-refractivity contribution is 6.30. The molecule has 0 heterocycles. The summed E-state index contributed by atoms with van der Waals surface area (Å²) in [5.74, 6) is -0.410. The molecular formula is C11H14ClFN2O. The number of carbonyl (C=O) groups excluding carboxylic acids is 1. The van der Waals surface area contributed by atoms with Gasteiger partial charge in [-0.25, -0.2) is 4.39 Å². The van der Waals surface area contributed by atoms with Crippen LogP contribution in [0.4, 0.5) is 10.1 Å². The molecule has 0 atom stereocenters. The van der Waals surface area contributed by atoms with E-state index >= 15 is 0 Å². The standard InChI is InChI=1S/C11H14ClFN2O/c1-15(2)11(16)5-6-14-10-4-3-8(12)7-9(10)13/h3-4,7,14H,5-6H2,1-2H3. The summed E-state index contributed by atoms with van der Waals surface area (Å²) in [6.45, 7) is 0.398. The molecule has 0 bridgehead atoms. The van der Waals surface area contributed by atoms with Crippen molar-refractivity contribution < 1.29 is 9.18 Å². The van der Waals surface area contributed by atoms with Gasteiger partial charge in [0.1, 0.15) is 5.82 Å². The number of nitrogens with one attached hydrogen (secondary N) is 1. The second-order valence-corrected chi connectivity index (χ2v) is 4.03. The molecule has 16 heavy (non-hydrogen) atoms. The van der Waals surface area contributed by atoms with Gasteiger partial charge in [-0.3, -0.25) is 4.79 Å². The second-order valence-electron chi connectivity index (χ2n) is 3.59. The number of nitrogens with zero attached hydrogens (tertiary/aromatic N) is 1. The molecule has 0 unspecified atom stereocenters. The van der Waals surface area contributed by atoms with Crippen molar-refractivity contribution in [2.75, 3.05) is 26.0 Å². The average Bonchev–Trinajstić information content (AvgIpc) is 2.20. The van der Waals surface area contributed by atoms with Crippen LogP contribution in [0.1, 0.15) is 6.42 Å². The molecule has 88 valence electrons. The summed E-state index contributed by atoms with van der Waals surface area (Å²) in [5, 5.41) is 3.20. The maximum atomic E-state index is 13.3. The largest absolute Gasteiger partial charge is 0.382 e. The van der Waals surface area contributed by atoms with E-state index in [2.05, 4.69) is 5.32 Å². The summed E-state index contributed by atoms with van der Waals surface area (Å²) in [5.41, 5.74) is 0.357. The molecule has 0 saturated heterocycles. The number of benzene rings is 1. The Hall–Kier alpha value is -1.29. The van der Waals surface area contributed by atoms with E-state index in [9.17, 15) is 9.18 Å². The van der Waals surface area contributed by atoms with Crippen molar-refractivity contribution in [1.29, 1.82) is 0 Å². The highest BCUT2D eigenvalue weighted by Gasteiger charge is 2.05. The Labute approximate surface area is 99.2 Å². The lowest BCUT2D eigenvalue weighted by molar-refractivity contribution is -0.128. The van der Waals surface area contributed by atoms with E-state index in [4.69, 9.17) is 11.6 Å². The van der Waals surface area contributed by atoms with E-state index in [1.807, 2.05) is 0 Å². The van der Waals surface area contributed by atoms with Crippen LogP contribution in [0.25, 0.3) is 0 Å². The van der Waals surface area contributed by atoms with E-state index in [0.717, 1.165) is 0 Å². The molecule has 0 aliphatic carbocycles. The van der Waals surface area contributed by atoms with Crippen molar-refractivity contribution in [2.45, 2.75) is 6.42 Å². The number of amides is 1. The van der Waals surface area contributed by atoms with Crippen LogP contribution in [0.15, 0.2) is 18.2 Å². The van der Waals surface area contributed by atoms with Crippen LogP contribution in [0.5, 0.6) is 0 Å². The number of carbonyl (C=O) groups is 1.